The Morgan fingerprint density at radius 1 is 1.38 bits per heavy atom. The van der Waals surface area contributed by atoms with Gasteiger partial charge in [-0.25, -0.2) is 4.79 Å². The highest BCUT2D eigenvalue weighted by Gasteiger charge is 2.50. The zero-order chi connectivity index (χ0) is 21.1. The predicted molar refractivity (Wildman–Crippen MR) is 118 cm³/mol. The molecule has 5 atom stereocenters. The predicted octanol–water partition coefficient (Wildman–Crippen LogP) is 6.14. The van der Waals surface area contributed by atoms with E-state index in [9.17, 15) is 9.90 Å². The molecule has 3 aliphatic carbocycles. The normalized spacial score (nSPS) is 33.5. The van der Waals surface area contributed by atoms with E-state index in [0.717, 1.165) is 49.9 Å². The lowest BCUT2D eigenvalue weighted by atomic mass is 9.55. The number of methoxy groups -OCH3 is 1. The summed E-state index contributed by atoms with van der Waals surface area (Å²) in [5.74, 6) is 1.99. The second kappa shape index (κ2) is 9.20. The van der Waals surface area contributed by atoms with E-state index in [1.807, 2.05) is 13.0 Å². The highest BCUT2D eigenvalue weighted by Crippen LogP contribution is 2.60. The number of unbranched alkanes of at least 4 members (excludes halogenated alkanes) is 1. The first-order valence-electron chi connectivity index (χ1n) is 11.6. The van der Waals surface area contributed by atoms with Crippen molar-refractivity contribution in [1.82, 2.24) is 0 Å². The molecule has 0 spiro atoms. The average molecular weight is 401 g/mol. The molecule has 3 aliphatic rings. The van der Waals surface area contributed by atoms with Gasteiger partial charge >= 0.3 is 5.97 Å². The second-order valence-electron chi connectivity index (χ2n) is 10.2. The molecule has 0 radical (unpaired) electrons. The van der Waals surface area contributed by atoms with Gasteiger partial charge in [-0.15, -0.1) is 0 Å². The van der Waals surface area contributed by atoms with Crippen molar-refractivity contribution in [2.75, 3.05) is 7.11 Å². The van der Waals surface area contributed by atoms with Gasteiger partial charge in [0.1, 0.15) is 0 Å². The monoisotopic (exact) mass is 400 g/mol. The third kappa shape index (κ3) is 5.05. The first kappa shape index (κ1) is 22.3. The minimum absolute atomic E-state index is 0.270. The van der Waals surface area contributed by atoms with Crippen LogP contribution in [0.15, 0.2) is 35.5 Å². The van der Waals surface area contributed by atoms with Gasteiger partial charge < -0.3 is 9.84 Å². The number of carbonyl (C=O) groups excluding carboxylic acids is 1. The molecule has 1 N–H and O–H groups in total. The van der Waals surface area contributed by atoms with Gasteiger partial charge in [0.15, 0.2) is 0 Å². The van der Waals surface area contributed by atoms with E-state index in [1.54, 1.807) is 6.08 Å². The summed E-state index contributed by atoms with van der Waals surface area (Å²) < 4.78 is 4.71. The van der Waals surface area contributed by atoms with Gasteiger partial charge in [-0.1, -0.05) is 56.1 Å². The van der Waals surface area contributed by atoms with Crippen molar-refractivity contribution in [3.8, 4) is 0 Å². The first-order chi connectivity index (χ1) is 13.8. The topological polar surface area (TPSA) is 46.5 Å². The number of fused-ring (bicyclic) bond motifs is 3. The van der Waals surface area contributed by atoms with E-state index >= 15 is 0 Å². The van der Waals surface area contributed by atoms with Crippen LogP contribution in [0.2, 0.25) is 0 Å². The van der Waals surface area contributed by atoms with Crippen LogP contribution in [-0.2, 0) is 9.53 Å². The van der Waals surface area contributed by atoms with E-state index in [1.165, 1.54) is 50.4 Å². The van der Waals surface area contributed by atoms with Gasteiger partial charge in [-0.05, 0) is 81.5 Å². The summed E-state index contributed by atoms with van der Waals surface area (Å²) in [6, 6.07) is 0. The molecule has 0 heterocycles. The van der Waals surface area contributed by atoms with Crippen LogP contribution in [0.1, 0.15) is 85.0 Å². The average Bonchev–Trinajstić information content (AvgIpc) is 3.02. The van der Waals surface area contributed by atoms with E-state index in [4.69, 9.17) is 4.74 Å². The lowest BCUT2D eigenvalue weighted by Crippen LogP contribution is -2.41. The molecule has 3 nitrogen and oxygen atoms in total. The highest BCUT2D eigenvalue weighted by atomic mass is 16.5. The smallest absolute Gasteiger partial charge is 0.330 e. The van der Waals surface area contributed by atoms with Crippen molar-refractivity contribution < 1.29 is 14.6 Å². The van der Waals surface area contributed by atoms with Crippen LogP contribution in [0.25, 0.3) is 0 Å². The molecule has 1 fully saturated rings. The Morgan fingerprint density at radius 3 is 2.90 bits per heavy atom. The van der Waals surface area contributed by atoms with Crippen molar-refractivity contribution in [3.63, 3.8) is 0 Å². The fourth-order valence-electron chi connectivity index (χ4n) is 6.30. The summed E-state index contributed by atoms with van der Waals surface area (Å²) in [4.78, 5) is 11.4. The SMILES string of the molecule is CCCCC(C)(O)CC1=CC[C@@H]2[C@H](CC[C@]3(C)C(C/C=C/C(=O)OC)=CC[C@@H]23)C1. The number of esters is 1. The minimum atomic E-state index is -0.550. The van der Waals surface area contributed by atoms with Crippen molar-refractivity contribution in [2.45, 2.75) is 90.6 Å². The molecule has 29 heavy (non-hydrogen) atoms. The molecular formula is C26H40O3. The van der Waals surface area contributed by atoms with Crippen LogP contribution in [0.5, 0.6) is 0 Å². The largest absolute Gasteiger partial charge is 0.466 e. The Kier molecular flexibility index (Phi) is 7.09. The van der Waals surface area contributed by atoms with Gasteiger partial charge in [0.05, 0.1) is 12.7 Å². The molecule has 0 aromatic carbocycles. The molecule has 0 amide bonds. The van der Waals surface area contributed by atoms with Crippen molar-refractivity contribution >= 4 is 5.97 Å². The number of hydrogen-bond acceptors (Lipinski definition) is 3. The van der Waals surface area contributed by atoms with Crippen LogP contribution in [0.3, 0.4) is 0 Å². The number of aliphatic hydroxyl groups is 1. The Morgan fingerprint density at radius 2 is 2.17 bits per heavy atom. The van der Waals surface area contributed by atoms with E-state index in [-0.39, 0.29) is 11.4 Å². The summed E-state index contributed by atoms with van der Waals surface area (Å²) in [5, 5.41) is 10.8. The number of allylic oxidation sites excluding steroid dienone is 4. The number of hydrogen-bond donors (Lipinski definition) is 1. The fraction of sp³-hybridized carbons (Fsp3) is 0.731. The quantitative estimate of drug-likeness (QED) is 0.302. The van der Waals surface area contributed by atoms with Crippen molar-refractivity contribution in [3.05, 3.63) is 35.5 Å². The Bertz CT molecular complexity index is 684. The molecule has 1 unspecified atom stereocenters. The Labute approximate surface area is 177 Å². The zero-order valence-electron chi connectivity index (χ0n) is 18.9. The van der Waals surface area contributed by atoms with Gasteiger partial charge in [-0.3, -0.25) is 0 Å². The number of carbonyl (C=O) groups is 1. The molecule has 1 saturated carbocycles. The maximum absolute atomic E-state index is 11.4. The molecule has 3 rings (SSSR count). The number of rotatable bonds is 8. The van der Waals surface area contributed by atoms with E-state index in [0.29, 0.717) is 0 Å². The van der Waals surface area contributed by atoms with Gasteiger partial charge in [-0.2, -0.15) is 0 Å². The first-order valence-corrected chi connectivity index (χ1v) is 11.6. The molecule has 0 saturated heterocycles. The summed E-state index contributed by atoms with van der Waals surface area (Å²) in [6.45, 7) is 6.66. The molecule has 0 aromatic heterocycles. The third-order valence-electron chi connectivity index (χ3n) is 8.00. The van der Waals surface area contributed by atoms with Crippen molar-refractivity contribution in [2.24, 2.45) is 23.2 Å². The summed E-state index contributed by atoms with van der Waals surface area (Å²) >= 11 is 0. The molecule has 0 aliphatic heterocycles. The summed E-state index contributed by atoms with van der Waals surface area (Å²) in [6.07, 6.45) is 19.3. The van der Waals surface area contributed by atoms with E-state index in [2.05, 4.69) is 26.0 Å². The highest BCUT2D eigenvalue weighted by molar-refractivity contribution is 5.81. The minimum Gasteiger partial charge on any atom is -0.466 e. The van der Waals surface area contributed by atoms with E-state index < -0.39 is 5.60 Å². The lowest BCUT2D eigenvalue weighted by Gasteiger charge is -2.50. The van der Waals surface area contributed by atoms with Gasteiger partial charge in [0.2, 0.25) is 0 Å². The fourth-order valence-corrected chi connectivity index (χ4v) is 6.30. The Hall–Kier alpha value is -1.35. The van der Waals surface area contributed by atoms with Crippen molar-refractivity contribution in [1.29, 1.82) is 0 Å². The molecular weight excluding hydrogens is 360 g/mol. The number of ether oxygens (including phenoxy) is 1. The molecule has 162 valence electrons. The summed E-state index contributed by atoms with van der Waals surface area (Å²) in [5.41, 5.74) is 2.73. The maximum Gasteiger partial charge on any atom is 0.330 e. The second-order valence-corrected chi connectivity index (χ2v) is 10.2. The van der Waals surface area contributed by atoms with Gasteiger partial charge in [0.25, 0.3) is 0 Å². The van der Waals surface area contributed by atoms with Crippen LogP contribution in [0, 0.1) is 23.2 Å². The third-order valence-corrected chi connectivity index (χ3v) is 8.00. The maximum atomic E-state index is 11.4. The molecule has 3 heteroatoms. The molecule has 0 bridgehead atoms. The van der Waals surface area contributed by atoms with Crippen LogP contribution < -0.4 is 0 Å². The van der Waals surface area contributed by atoms with Crippen LogP contribution in [0.4, 0.5) is 0 Å². The lowest BCUT2D eigenvalue weighted by molar-refractivity contribution is -0.134. The summed E-state index contributed by atoms with van der Waals surface area (Å²) in [7, 11) is 1.42. The zero-order valence-corrected chi connectivity index (χ0v) is 18.9. The van der Waals surface area contributed by atoms with Gasteiger partial charge in [0, 0.05) is 6.08 Å². The van der Waals surface area contributed by atoms with Crippen LogP contribution >= 0.6 is 0 Å². The van der Waals surface area contributed by atoms with Crippen LogP contribution in [-0.4, -0.2) is 23.8 Å². The Balaban J connectivity index is 1.62. The molecule has 0 aromatic rings. The standard InChI is InChI=1S/C26H40O3/c1-5-6-15-25(2,28)18-19-10-12-22-20(17-19)14-16-26(3)21(11-13-23(22)26)8-7-9-24(27)29-4/h7,9-11,20,22-23,28H,5-6,8,12-18H2,1-4H3/b9-7+/t20-,22-,23+,25?,26-/m1/s1.